The van der Waals surface area contributed by atoms with Gasteiger partial charge in [0.05, 0.1) is 6.04 Å². The van der Waals surface area contributed by atoms with Crippen molar-refractivity contribution in [2.45, 2.75) is 32.7 Å². The number of carbonyl (C=O) groups excluding carboxylic acids is 1. The van der Waals surface area contributed by atoms with Gasteiger partial charge >= 0.3 is 0 Å². The highest BCUT2D eigenvalue weighted by molar-refractivity contribution is 7.09. The molecule has 3 nitrogen and oxygen atoms in total. The van der Waals surface area contributed by atoms with Crippen molar-refractivity contribution in [1.82, 2.24) is 5.32 Å². The van der Waals surface area contributed by atoms with Gasteiger partial charge in [-0.1, -0.05) is 26.3 Å². The fourth-order valence-corrected chi connectivity index (χ4v) is 2.10. The van der Waals surface area contributed by atoms with Crippen LogP contribution in [0.1, 0.15) is 25.1 Å². The van der Waals surface area contributed by atoms with Crippen LogP contribution in [0.15, 0.2) is 17.5 Å². The summed E-state index contributed by atoms with van der Waals surface area (Å²) < 4.78 is 0. The molecule has 1 heterocycles. The van der Waals surface area contributed by atoms with Crippen LogP contribution in [0.4, 0.5) is 0 Å². The van der Waals surface area contributed by atoms with Crippen LogP contribution in [0.5, 0.6) is 0 Å². The van der Waals surface area contributed by atoms with Crippen LogP contribution >= 0.6 is 11.3 Å². The molecule has 0 aliphatic rings. The number of carbonyl (C=O) groups is 1. The maximum absolute atomic E-state index is 11.6. The maximum Gasteiger partial charge on any atom is 0.237 e. The first-order valence-corrected chi connectivity index (χ1v) is 6.58. The minimum atomic E-state index is -0.381. The summed E-state index contributed by atoms with van der Waals surface area (Å²) in [6, 6.07) is 3.71. The highest BCUT2D eigenvalue weighted by Crippen LogP contribution is 2.08. The highest BCUT2D eigenvalue weighted by atomic mass is 32.1. The lowest BCUT2D eigenvalue weighted by Crippen LogP contribution is -2.45. The molecule has 90 valence electrons. The summed E-state index contributed by atoms with van der Waals surface area (Å²) >= 11 is 1.71. The van der Waals surface area contributed by atoms with Gasteiger partial charge in [-0.15, -0.1) is 11.3 Å². The van der Waals surface area contributed by atoms with Crippen LogP contribution in [-0.2, 0) is 11.2 Å². The van der Waals surface area contributed by atoms with E-state index in [1.165, 1.54) is 4.88 Å². The van der Waals surface area contributed by atoms with Gasteiger partial charge in [0.1, 0.15) is 0 Å². The van der Waals surface area contributed by atoms with Gasteiger partial charge in [-0.25, -0.2) is 0 Å². The third kappa shape index (κ3) is 3.94. The molecular formula is C12H20N2OS. The zero-order chi connectivity index (χ0) is 12.0. The van der Waals surface area contributed by atoms with Crippen molar-refractivity contribution in [2.75, 3.05) is 6.54 Å². The highest BCUT2D eigenvalue weighted by Gasteiger charge is 2.18. The van der Waals surface area contributed by atoms with E-state index in [1.807, 2.05) is 25.3 Å². The van der Waals surface area contributed by atoms with Crippen LogP contribution in [0, 0.1) is 5.92 Å². The lowest BCUT2D eigenvalue weighted by molar-refractivity contribution is -0.123. The predicted octanol–water partition coefficient (Wildman–Crippen LogP) is 1.78. The Kier molecular flexibility index (Phi) is 5.49. The molecule has 0 radical (unpaired) electrons. The topological polar surface area (TPSA) is 55.1 Å². The van der Waals surface area contributed by atoms with Gasteiger partial charge in [0.25, 0.3) is 0 Å². The number of nitrogens with one attached hydrogen (secondary N) is 1. The Labute approximate surface area is 101 Å². The van der Waals surface area contributed by atoms with Gasteiger partial charge in [0, 0.05) is 11.4 Å². The Morgan fingerprint density at radius 3 is 2.94 bits per heavy atom. The quantitative estimate of drug-likeness (QED) is 0.796. The molecule has 0 aromatic carbocycles. The number of nitrogens with two attached hydrogens (primary N) is 1. The van der Waals surface area contributed by atoms with E-state index in [1.54, 1.807) is 11.3 Å². The number of amides is 1. The van der Waals surface area contributed by atoms with Gasteiger partial charge in [0.15, 0.2) is 0 Å². The van der Waals surface area contributed by atoms with Crippen LogP contribution in [0.3, 0.4) is 0 Å². The van der Waals surface area contributed by atoms with E-state index < -0.39 is 0 Å². The van der Waals surface area contributed by atoms with Gasteiger partial charge in [-0.3, -0.25) is 4.79 Å². The first-order chi connectivity index (χ1) is 7.65. The van der Waals surface area contributed by atoms with Gasteiger partial charge in [0.2, 0.25) is 5.91 Å². The Bertz CT molecular complexity index is 311. The first-order valence-electron chi connectivity index (χ1n) is 5.70. The van der Waals surface area contributed by atoms with E-state index >= 15 is 0 Å². The molecule has 16 heavy (non-hydrogen) atoms. The monoisotopic (exact) mass is 240 g/mol. The van der Waals surface area contributed by atoms with Crippen molar-refractivity contribution in [3.05, 3.63) is 22.4 Å². The molecule has 1 amide bonds. The predicted molar refractivity (Wildman–Crippen MR) is 68.5 cm³/mol. The minimum absolute atomic E-state index is 0.0362. The average Bonchev–Trinajstić information content (AvgIpc) is 2.79. The van der Waals surface area contributed by atoms with Gasteiger partial charge in [-0.2, -0.15) is 0 Å². The smallest absolute Gasteiger partial charge is 0.237 e. The van der Waals surface area contributed by atoms with E-state index in [2.05, 4.69) is 11.4 Å². The summed E-state index contributed by atoms with van der Waals surface area (Å²) in [5.74, 6) is 0.202. The maximum atomic E-state index is 11.6. The zero-order valence-corrected chi connectivity index (χ0v) is 10.7. The van der Waals surface area contributed by atoms with Crippen molar-refractivity contribution >= 4 is 17.2 Å². The number of hydrogen-bond acceptors (Lipinski definition) is 3. The van der Waals surface area contributed by atoms with Crippen LogP contribution in [0.2, 0.25) is 0 Å². The number of hydrogen-bond donors (Lipinski definition) is 2. The fourth-order valence-electron chi connectivity index (χ4n) is 1.39. The molecule has 1 unspecified atom stereocenters. The molecule has 0 fully saturated rings. The second-order valence-corrected chi connectivity index (χ2v) is 5.06. The Morgan fingerprint density at radius 1 is 1.62 bits per heavy atom. The molecule has 1 rings (SSSR count). The summed E-state index contributed by atoms with van der Waals surface area (Å²) in [5, 5.41) is 4.92. The van der Waals surface area contributed by atoms with Crippen molar-refractivity contribution < 1.29 is 4.79 Å². The SMILES string of the molecule is CCC(C)[C@H](N)C(=O)NCCc1cccs1. The molecule has 0 aliphatic carbocycles. The van der Waals surface area contributed by atoms with E-state index in [4.69, 9.17) is 5.73 Å². The van der Waals surface area contributed by atoms with Gasteiger partial charge < -0.3 is 11.1 Å². The summed E-state index contributed by atoms with van der Waals surface area (Å²) in [7, 11) is 0. The lowest BCUT2D eigenvalue weighted by Gasteiger charge is -2.17. The number of rotatable bonds is 6. The molecule has 0 spiro atoms. The standard InChI is InChI=1S/C12H20N2OS/c1-3-9(2)11(13)12(15)14-7-6-10-5-4-8-16-10/h4-5,8-9,11H,3,6-7,13H2,1-2H3,(H,14,15)/t9?,11-/m0/s1. The molecule has 0 saturated carbocycles. The van der Waals surface area contributed by atoms with Crippen LogP contribution in [-0.4, -0.2) is 18.5 Å². The van der Waals surface area contributed by atoms with Gasteiger partial charge in [-0.05, 0) is 23.8 Å². The molecule has 1 aromatic heterocycles. The second-order valence-electron chi connectivity index (χ2n) is 4.03. The largest absolute Gasteiger partial charge is 0.354 e. The molecule has 0 bridgehead atoms. The fraction of sp³-hybridized carbons (Fsp3) is 0.583. The first kappa shape index (κ1) is 13.2. The molecule has 4 heteroatoms. The third-order valence-corrected chi connectivity index (χ3v) is 3.75. The van der Waals surface area contributed by atoms with E-state index in [9.17, 15) is 4.79 Å². The van der Waals surface area contributed by atoms with Crippen molar-refractivity contribution in [3.8, 4) is 0 Å². The van der Waals surface area contributed by atoms with Crippen LogP contribution < -0.4 is 11.1 Å². The Morgan fingerprint density at radius 2 is 2.38 bits per heavy atom. The molecule has 0 aliphatic heterocycles. The average molecular weight is 240 g/mol. The van der Waals surface area contributed by atoms with Crippen molar-refractivity contribution in [1.29, 1.82) is 0 Å². The van der Waals surface area contributed by atoms with Crippen molar-refractivity contribution in [3.63, 3.8) is 0 Å². The van der Waals surface area contributed by atoms with E-state index in [-0.39, 0.29) is 17.9 Å². The zero-order valence-electron chi connectivity index (χ0n) is 9.90. The number of thiophene rings is 1. The summed E-state index contributed by atoms with van der Waals surface area (Å²) in [5.41, 5.74) is 5.82. The molecule has 0 saturated heterocycles. The minimum Gasteiger partial charge on any atom is -0.354 e. The molecule has 3 N–H and O–H groups in total. The normalized spacial score (nSPS) is 14.4. The Hall–Kier alpha value is -0.870. The molecule has 1 aromatic rings. The van der Waals surface area contributed by atoms with Crippen LogP contribution in [0.25, 0.3) is 0 Å². The summed E-state index contributed by atoms with van der Waals surface area (Å²) in [6.45, 7) is 4.72. The summed E-state index contributed by atoms with van der Waals surface area (Å²) in [6.07, 6.45) is 1.82. The molecular weight excluding hydrogens is 220 g/mol. The van der Waals surface area contributed by atoms with E-state index in [0.717, 1.165) is 12.8 Å². The van der Waals surface area contributed by atoms with E-state index in [0.29, 0.717) is 6.54 Å². The summed E-state index contributed by atoms with van der Waals surface area (Å²) in [4.78, 5) is 12.9. The molecule has 2 atom stereocenters. The lowest BCUT2D eigenvalue weighted by atomic mass is 9.99. The second kappa shape index (κ2) is 6.66. The Balaban J connectivity index is 2.24. The third-order valence-electron chi connectivity index (χ3n) is 2.81. The van der Waals surface area contributed by atoms with Crippen molar-refractivity contribution in [2.24, 2.45) is 11.7 Å².